The van der Waals surface area contributed by atoms with Crippen molar-refractivity contribution in [3.05, 3.63) is 35.9 Å². The monoisotopic (exact) mass is 258 g/mol. The van der Waals surface area contributed by atoms with Crippen LogP contribution in [0.25, 0.3) is 0 Å². The van der Waals surface area contributed by atoms with Gasteiger partial charge in [-0.3, -0.25) is 4.79 Å². The molecule has 0 radical (unpaired) electrons. The molecule has 3 heteroatoms. The lowest BCUT2D eigenvalue weighted by Gasteiger charge is -2.25. The molecule has 2 aliphatic carbocycles. The molecule has 1 amide bonds. The SMILES string of the molecule is N[C@H](Cc1ccccc1)C(=O)N(CC1CC1)C1CC1. The number of nitrogens with zero attached hydrogens (tertiary/aromatic N) is 1. The predicted molar refractivity (Wildman–Crippen MR) is 75.6 cm³/mol. The van der Waals surface area contributed by atoms with Crippen molar-refractivity contribution in [3.63, 3.8) is 0 Å². The minimum absolute atomic E-state index is 0.151. The van der Waals surface area contributed by atoms with Crippen molar-refractivity contribution >= 4 is 5.91 Å². The van der Waals surface area contributed by atoms with Gasteiger partial charge in [-0.1, -0.05) is 30.3 Å². The fraction of sp³-hybridized carbons (Fsp3) is 0.562. The van der Waals surface area contributed by atoms with Crippen LogP contribution in [0.3, 0.4) is 0 Å². The largest absolute Gasteiger partial charge is 0.338 e. The molecule has 1 aromatic carbocycles. The summed E-state index contributed by atoms with van der Waals surface area (Å²) >= 11 is 0. The molecule has 2 fully saturated rings. The van der Waals surface area contributed by atoms with Crippen LogP contribution in [0.1, 0.15) is 31.2 Å². The zero-order valence-corrected chi connectivity index (χ0v) is 11.3. The molecule has 0 unspecified atom stereocenters. The zero-order chi connectivity index (χ0) is 13.2. The molecule has 2 N–H and O–H groups in total. The summed E-state index contributed by atoms with van der Waals surface area (Å²) in [5.74, 6) is 0.895. The second kappa shape index (κ2) is 5.33. The fourth-order valence-electron chi connectivity index (χ4n) is 2.55. The minimum Gasteiger partial charge on any atom is -0.338 e. The smallest absolute Gasteiger partial charge is 0.240 e. The predicted octanol–water partition coefficient (Wildman–Crippen LogP) is 1.96. The average molecular weight is 258 g/mol. The summed E-state index contributed by atoms with van der Waals surface area (Å²) in [7, 11) is 0. The van der Waals surface area contributed by atoms with Crippen LogP contribution >= 0.6 is 0 Å². The van der Waals surface area contributed by atoms with Crippen molar-refractivity contribution in [2.45, 2.75) is 44.2 Å². The lowest BCUT2D eigenvalue weighted by Crippen LogP contribution is -2.46. The van der Waals surface area contributed by atoms with Gasteiger partial charge in [0.25, 0.3) is 0 Å². The van der Waals surface area contributed by atoms with Gasteiger partial charge in [0, 0.05) is 12.6 Å². The van der Waals surface area contributed by atoms with E-state index in [2.05, 4.69) is 4.90 Å². The van der Waals surface area contributed by atoms with E-state index in [1.165, 1.54) is 12.8 Å². The van der Waals surface area contributed by atoms with E-state index in [1.807, 2.05) is 30.3 Å². The van der Waals surface area contributed by atoms with Crippen LogP contribution in [0, 0.1) is 5.92 Å². The van der Waals surface area contributed by atoms with E-state index < -0.39 is 0 Å². The normalized spacial score (nSPS) is 20.1. The molecular formula is C16H22N2O. The van der Waals surface area contributed by atoms with Gasteiger partial charge in [-0.05, 0) is 43.6 Å². The Bertz CT molecular complexity index is 437. The molecule has 2 aliphatic rings. The van der Waals surface area contributed by atoms with E-state index in [4.69, 9.17) is 5.73 Å². The highest BCUT2D eigenvalue weighted by molar-refractivity contribution is 5.82. The van der Waals surface area contributed by atoms with Crippen molar-refractivity contribution in [2.24, 2.45) is 11.7 Å². The van der Waals surface area contributed by atoms with Crippen molar-refractivity contribution in [1.82, 2.24) is 4.90 Å². The van der Waals surface area contributed by atoms with Crippen molar-refractivity contribution in [3.8, 4) is 0 Å². The van der Waals surface area contributed by atoms with Crippen LogP contribution in [0.2, 0.25) is 0 Å². The van der Waals surface area contributed by atoms with E-state index in [9.17, 15) is 4.79 Å². The van der Waals surface area contributed by atoms with Gasteiger partial charge in [0.05, 0.1) is 6.04 Å². The number of carbonyl (C=O) groups is 1. The quantitative estimate of drug-likeness (QED) is 0.848. The molecule has 3 rings (SSSR count). The van der Waals surface area contributed by atoms with E-state index in [-0.39, 0.29) is 11.9 Å². The summed E-state index contributed by atoms with van der Waals surface area (Å²) in [5.41, 5.74) is 7.26. The summed E-state index contributed by atoms with van der Waals surface area (Å²) in [5, 5.41) is 0. The Morgan fingerprint density at radius 1 is 1.21 bits per heavy atom. The Kier molecular flexibility index (Phi) is 3.56. The number of rotatable bonds is 6. The van der Waals surface area contributed by atoms with Crippen molar-refractivity contribution < 1.29 is 4.79 Å². The molecule has 0 saturated heterocycles. The van der Waals surface area contributed by atoms with Crippen molar-refractivity contribution in [2.75, 3.05) is 6.54 Å². The van der Waals surface area contributed by atoms with Gasteiger partial charge in [0.2, 0.25) is 5.91 Å². The Morgan fingerprint density at radius 3 is 2.47 bits per heavy atom. The maximum Gasteiger partial charge on any atom is 0.240 e. The third-order valence-electron chi connectivity index (χ3n) is 4.04. The van der Waals surface area contributed by atoms with Gasteiger partial charge in [0.1, 0.15) is 0 Å². The summed E-state index contributed by atoms with van der Waals surface area (Å²) in [6.45, 7) is 0.936. The number of benzene rings is 1. The van der Waals surface area contributed by atoms with E-state index in [1.54, 1.807) is 0 Å². The lowest BCUT2D eigenvalue weighted by molar-refractivity contribution is -0.133. The molecule has 1 atom stereocenters. The number of nitrogens with two attached hydrogens (primary N) is 1. The van der Waals surface area contributed by atoms with E-state index in [0.29, 0.717) is 12.5 Å². The molecule has 19 heavy (non-hydrogen) atoms. The molecule has 0 aliphatic heterocycles. The highest BCUT2D eigenvalue weighted by atomic mass is 16.2. The van der Waals surface area contributed by atoms with Crippen molar-refractivity contribution in [1.29, 1.82) is 0 Å². The molecule has 0 aromatic heterocycles. The number of carbonyl (C=O) groups excluding carboxylic acids is 1. The highest BCUT2D eigenvalue weighted by Gasteiger charge is 2.37. The van der Waals surface area contributed by atoms with Crippen LogP contribution in [-0.4, -0.2) is 29.4 Å². The second-order valence-electron chi connectivity index (χ2n) is 5.96. The summed E-state index contributed by atoms with van der Waals surface area (Å²) in [6, 6.07) is 10.1. The number of hydrogen-bond donors (Lipinski definition) is 1. The topological polar surface area (TPSA) is 46.3 Å². The average Bonchev–Trinajstić information content (AvgIpc) is 3.28. The maximum atomic E-state index is 12.5. The Morgan fingerprint density at radius 2 is 1.89 bits per heavy atom. The lowest BCUT2D eigenvalue weighted by atomic mass is 10.1. The highest BCUT2D eigenvalue weighted by Crippen LogP contribution is 2.35. The molecule has 0 bridgehead atoms. The molecule has 102 valence electrons. The molecule has 0 heterocycles. The fourth-order valence-corrected chi connectivity index (χ4v) is 2.55. The van der Waals surface area contributed by atoms with Gasteiger partial charge in [-0.15, -0.1) is 0 Å². The molecule has 0 spiro atoms. The van der Waals surface area contributed by atoms with E-state index in [0.717, 1.165) is 30.9 Å². The van der Waals surface area contributed by atoms with Gasteiger partial charge in [-0.25, -0.2) is 0 Å². The third kappa shape index (κ3) is 3.35. The molecule has 2 saturated carbocycles. The maximum absolute atomic E-state index is 12.5. The van der Waals surface area contributed by atoms with Gasteiger partial charge >= 0.3 is 0 Å². The second-order valence-corrected chi connectivity index (χ2v) is 5.96. The molecular weight excluding hydrogens is 236 g/mol. The summed E-state index contributed by atoms with van der Waals surface area (Å²) < 4.78 is 0. The van der Waals surface area contributed by atoms with Crippen LogP contribution in [0.5, 0.6) is 0 Å². The Hall–Kier alpha value is -1.35. The summed E-state index contributed by atoms with van der Waals surface area (Å²) in [6.07, 6.45) is 5.54. The zero-order valence-electron chi connectivity index (χ0n) is 11.3. The van der Waals surface area contributed by atoms with Gasteiger partial charge in [-0.2, -0.15) is 0 Å². The Labute approximate surface area is 114 Å². The first kappa shape index (κ1) is 12.7. The third-order valence-corrected chi connectivity index (χ3v) is 4.04. The first-order chi connectivity index (χ1) is 9.24. The van der Waals surface area contributed by atoms with Gasteiger partial charge in [0.15, 0.2) is 0 Å². The minimum atomic E-state index is -0.387. The standard InChI is InChI=1S/C16H22N2O/c17-15(10-12-4-2-1-3-5-12)16(19)18(14-8-9-14)11-13-6-7-13/h1-5,13-15H,6-11,17H2/t15-/m1/s1. The number of hydrogen-bond acceptors (Lipinski definition) is 2. The molecule has 1 aromatic rings. The number of amides is 1. The van der Waals surface area contributed by atoms with Crippen LogP contribution in [-0.2, 0) is 11.2 Å². The first-order valence-electron chi connectivity index (χ1n) is 7.34. The van der Waals surface area contributed by atoms with Crippen LogP contribution in [0.15, 0.2) is 30.3 Å². The van der Waals surface area contributed by atoms with Crippen LogP contribution < -0.4 is 5.73 Å². The van der Waals surface area contributed by atoms with Gasteiger partial charge < -0.3 is 10.6 Å². The van der Waals surface area contributed by atoms with E-state index >= 15 is 0 Å². The Balaban J connectivity index is 1.60. The first-order valence-corrected chi connectivity index (χ1v) is 7.34. The summed E-state index contributed by atoms with van der Waals surface area (Å²) in [4.78, 5) is 14.6. The molecule has 3 nitrogen and oxygen atoms in total. The van der Waals surface area contributed by atoms with Crippen LogP contribution in [0.4, 0.5) is 0 Å².